The number of hydrogen-bond acceptors (Lipinski definition) is 2. The zero-order valence-electron chi connectivity index (χ0n) is 8.74. The van der Waals surface area contributed by atoms with Gasteiger partial charge in [-0.3, -0.25) is 4.79 Å². The summed E-state index contributed by atoms with van der Waals surface area (Å²) in [7, 11) is 0. The molecule has 5 heteroatoms. The Balaban J connectivity index is 2.42. The molecule has 0 spiro atoms. The van der Waals surface area contributed by atoms with Crippen LogP contribution in [0.3, 0.4) is 0 Å². The average molecular weight is 239 g/mol. The van der Waals surface area contributed by atoms with Gasteiger partial charge in [0, 0.05) is 0 Å². The number of benzene rings is 1. The molecule has 4 nitrogen and oxygen atoms in total. The highest BCUT2D eigenvalue weighted by molar-refractivity contribution is 6.21. The van der Waals surface area contributed by atoms with Crippen LogP contribution in [0.5, 0.6) is 0 Å². The van der Waals surface area contributed by atoms with Gasteiger partial charge in [0.25, 0.3) is 5.91 Å². The molecule has 1 aliphatic heterocycles. The summed E-state index contributed by atoms with van der Waals surface area (Å²) in [6.07, 6.45) is 0. The van der Waals surface area contributed by atoms with Crippen LogP contribution in [-0.4, -0.2) is 22.8 Å². The second-order valence-electron chi connectivity index (χ2n) is 3.77. The van der Waals surface area contributed by atoms with Crippen molar-refractivity contribution in [2.45, 2.75) is 12.5 Å². The van der Waals surface area contributed by atoms with E-state index in [1.54, 1.807) is 19.1 Å². The smallest absolute Gasteiger partial charge is 0.319 e. The van der Waals surface area contributed by atoms with Gasteiger partial charge in [0.2, 0.25) is 0 Å². The van der Waals surface area contributed by atoms with Crippen LogP contribution in [0, 0.1) is 0 Å². The molecular weight excluding hydrogens is 228 g/mol. The average Bonchev–Trinajstić information content (AvgIpc) is 2.52. The third-order valence-corrected chi connectivity index (χ3v) is 2.98. The number of amides is 3. The van der Waals surface area contributed by atoms with Crippen LogP contribution in [-0.2, 0) is 10.3 Å². The number of urea groups is 1. The number of alkyl halides is 1. The van der Waals surface area contributed by atoms with Crippen molar-refractivity contribution in [2.75, 3.05) is 6.00 Å². The molecule has 84 valence electrons. The van der Waals surface area contributed by atoms with Crippen LogP contribution in [0.25, 0.3) is 0 Å². The van der Waals surface area contributed by atoms with Crippen LogP contribution in [0.4, 0.5) is 4.79 Å². The summed E-state index contributed by atoms with van der Waals surface area (Å²) in [5.74, 6) is -0.321. The Bertz CT molecular complexity index is 435. The number of halogens is 1. The standard InChI is InChI=1S/C11H11ClN2O2/c1-11(8-5-3-2-4-6-8)9(15)14(7-12)10(16)13-11/h2-6H,7H2,1H3,(H,13,16). The lowest BCUT2D eigenvalue weighted by atomic mass is 9.92. The molecule has 1 N–H and O–H groups in total. The lowest BCUT2D eigenvalue weighted by Gasteiger charge is -2.21. The molecule has 0 bridgehead atoms. The molecule has 1 aliphatic rings. The first kappa shape index (κ1) is 11.0. The van der Waals surface area contributed by atoms with Crippen molar-refractivity contribution in [2.24, 2.45) is 0 Å². The lowest BCUT2D eigenvalue weighted by Crippen LogP contribution is -2.40. The van der Waals surface area contributed by atoms with E-state index in [2.05, 4.69) is 5.32 Å². The summed E-state index contributed by atoms with van der Waals surface area (Å²) in [4.78, 5) is 24.5. The number of rotatable bonds is 2. The van der Waals surface area contributed by atoms with Gasteiger partial charge in [-0.1, -0.05) is 30.3 Å². The molecule has 3 amide bonds. The minimum absolute atomic E-state index is 0.132. The maximum Gasteiger partial charge on any atom is 0.326 e. The predicted octanol–water partition coefficient (Wildman–Crippen LogP) is 1.65. The molecule has 0 radical (unpaired) electrons. The molecule has 1 aromatic carbocycles. The number of imide groups is 1. The van der Waals surface area contributed by atoms with Crippen molar-refractivity contribution >= 4 is 23.5 Å². The van der Waals surface area contributed by atoms with E-state index in [-0.39, 0.29) is 11.9 Å². The Hall–Kier alpha value is -1.55. The molecule has 0 aliphatic carbocycles. The van der Waals surface area contributed by atoms with E-state index < -0.39 is 11.6 Å². The summed E-state index contributed by atoms with van der Waals surface area (Å²) in [6.45, 7) is 1.68. The Morgan fingerprint density at radius 2 is 1.94 bits per heavy atom. The largest absolute Gasteiger partial charge is 0.326 e. The quantitative estimate of drug-likeness (QED) is 0.484. The van der Waals surface area contributed by atoms with E-state index >= 15 is 0 Å². The maximum absolute atomic E-state index is 12.0. The zero-order valence-corrected chi connectivity index (χ0v) is 9.49. The van der Waals surface area contributed by atoms with Crippen LogP contribution in [0.2, 0.25) is 0 Å². The van der Waals surface area contributed by atoms with Gasteiger partial charge in [0.1, 0.15) is 11.5 Å². The number of carbonyl (C=O) groups excluding carboxylic acids is 2. The molecule has 1 heterocycles. The number of nitrogens with zero attached hydrogens (tertiary/aromatic N) is 1. The second kappa shape index (κ2) is 3.79. The van der Waals surface area contributed by atoms with Gasteiger partial charge < -0.3 is 5.32 Å². The van der Waals surface area contributed by atoms with E-state index in [1.165, 1.54) is 0 Å². The summed E-state index contributed by atoms with van der Waals surface area (Å²) < 4.78 is 0. The summed E-state index contributed by atoms with van der Waals surface area (Å²) in [6, 6.07) is 8.52. The van der Waals surface area contributed by atoms with Crippen LogP contribution in [0.15, 0.2) is 30.3 Å². The molecule has 1 saturated heterocycles. The van der Waals surface area contributed by atoms with Gasteiger partial charge in [-0.2, -0.15) is 0 Å². The van der Waals surface area contributed by atoms with E-state index in [4.69, 9.17) is 11.6 Å². The molecular formula is C11H11ClN2O2. The van der Waals surface area contributed by atoms with E-state index in [0.29, 0.717) is 0 Å². The minimum atomic E-state index is -1.01. The van der Waals surface area contributed by atoms with Gasteiger partial charge in [0.05, 0.1) is 0 Å². The molecule has 2 rings (SSSR count). The SMILES string of the molecule is CC1(c2ccccc2)NC(=O)N(CCl)C1=O. The van der Waals surface area contributed by atoms with Gasteiger partial charge in [-0.15, -0.1) is 11.6 Å². The topological polar surface area (TPSA) is 49.4 Å². The number of nitrogens with one attached hydrogen (secondary N) is 1. The first-order chi connectivity index (χ1) is 7.59. The fourth-order valence-corrected chi connectivity index (χ4v) is 1.99. The van der Waals surface area contributed by atoms with Crippen molar-refractivity contribution in [1.29, 1.82) is 0 Å². The Morgan fingerprint density at radius 1 is 1.31 bits per heavy atom. The highest BCUT2D eigenvalue weighted by atomic mass is 35.5. The molecule has 1 aromatic rings. The predicted molar refractivity (Wildman–Crippen MR) is 59.9 cm³/mol. The van der Waals surface area contributed by atoms with Crippen LogP contribution >= 0.6 is 11.6 Å². The fraction of sp³-hybridized carbons (Fsp3) is 0.273. The summed E-state index contributed by atoms with van der Waals surface area (Å²) in [5.41, 5.74) is -0.256. The first-order valence-corrected chi connectivity index (χ1v) is 5.38. The number of hydrogen-bond donors (Lipinski definition) is 1. The maximum atomic E-state index is 12.0. The number of carbonyl (C=O) groups is 2. The second-order valence-corrected chi connectivity index (χ2v) is 4.01. The monoisotopic (exact) mass is 238 g/mol. The van der Waals surface area contributed by atoms with Crippen molar-refractivity contribution in [3.8, 4) is 0 Å². The molecule has 16 heavy (non-hydrogen) atoms. The van der Waals surface area contributed by atoms with Gasteiger partial charge in [0.15, 0.2) is 0 Å². The Labute approximate surface area is 98.2 Å². The summed E-state index contributed by atoms with van der Waals surface area (Å²) >= 11 is 5.56. The van der Waals surface area contributed by atoms with E-state index in [1.807, 2.05) is 18.2 Å². The molecule has 0 saturated carbocycles. The molecule has 0 aromatic heterocycles. The Morgan fingerprint density at radius 3 is 2.44 bits per heavy atom. The molecule has 1 fully saturated rings. The van der Waals surface area contributed by atoms with Crippen molar-refractivity contribution in [1.82, 2.24) is 10.2 Å². The van der Waals surface area contributed by atoms with Crippen molar-refractivity contribution < 1.29 is 9.59 Å². The zero-order chi connectivity index (χ0) is 11.8. The first-order valence-electron chi connectivity index (χ1n) is 4.85. The molecule has 1 atom stereocenters. The van der Waals surface area contributed by atoms with Crippen LogP contribution < -0.4 is 5.32 Å². The van der Waals surface area contributed by atoms with Crippen molar-refractivity contribution in [3.05, 3.63) is 35.9 Å². The van der Waals surface area contributed by atoms with E-state index in [9.17, 15) is 9.59 Å². The van der Waals surface area contributed by atoms with Crippen molar-refractivity contribution in [3.63, 3.8) is 0 Å². The molecule has 1 unspecified atom stereocenters. The minimum Gasteiger partial charge on any atom is -0.319 e. The lowest BCUT2D eigenvalue weighted by molar-refractivity contribution is -0.130. The van der Waals surface area contributed by atoms with Gasteiger partial charge in [-0.25, -0.2) is 9.69 Å². The van der Waals surface area contributed by atoms with Gasteiger partial charge in [-0.05, 0) is 12.5 Å². The fourth-order valence-electron chi connectivity index (χ4n) is 1.77. The normalized spacial score (nSPS) is 24.8. The third-order valence-electron chi connectivity index (χ3n) is 2.75. The third kappa shape index (κ3) is 1.46. The highest BCUT2D eigenvalue weighted by Gasteiger charge is 2.48. The van der Waals surface area contributed by atoms with E-state index in [0.717, 1.165) is 10.5 Å². The van der Waals surface area contributed by atoms with Gasteiger partial charge >= 0.3 is 6.03 Å². The Kier molecular flexibility index (Phi) is 2.59. The highest BCUT2D eigenvalue weighted by Crippen LogP contribution is 2.28. The van der Waals surface area contributed by atoms with Crippen LogP contribution in [0.1, 0.15) is 12.5 Å². The summed E-state index contributed by atoms with van der Waals surface area (Å²) in [5, 5.41) is 2.65.